The van der Waals surface area contributed by atoms with Crippen molar-refractivity contribution in [3.63, 3.8) is 0 Å². The van der Waals surface area contributed by atoms with Gasteiger partial charge in [0.1, 0.15) is 5.75 Å². The van der Waals surface area contributed by atoms with E-state index in [-0.39, 0.29) is 0 Å². The van der Waals surface area contributed by atoms with Crippen molar-refractivity contribution in [2.45, 2.75) is 12.8 Å². The lowest BCUT2D eigenvalue weighted by Crippen LogP contribution is -1.92. The minimum atomic E-state index is 0.422. The molecule has 0 atom stereocenters. The molecule has 0 saturated carbocycles. The van der Waals surface area contributed by atoms with E-state index < -0.39 is 0 Å². The second-order valence-corrected chi connectivity index (χ2v) is 5.17. The average molecular weight is 317 g/mol. The molecule has 2 aromatic rings. The molecular weight excluding hydrogens is 300 g/mol. The van der Waals surface area contributed by atoms with E-state index in [0.29, 0.717) is 6.47 Å². The highest BCUT2D eigenvalue weighted by molar-refractivity contribution is 6.30. The summed E-state index contributed by atoms with van der Waals surface area (Å²) in [5.74, 6) is 0.789. The van der Waals surface area contributed by atoms with Gasteiger partial charge < -0.3 is 9.47 Å². The summed E-state index contributed by atoms with van der Waals surface area (Å²) < 4.78 is 9.97. The van der Waals surface area contributed by atoms with Crippen LogP contribution in [0.15, 0.2) is 54.8 Å². The standard InChI is InChI=1S/C18H17ClO3/c1-21-18-10-6-15(7-11-18)16(12-22-13-20)5-2-14-3-8-17(19)9-4-14/h3-4,6-13H,2,5H2,1H3. The molecule has 0 spiro atoms. The summed E-state index contributed by atoms with van der Waals surface area (Å²) in [6.45, 7) is 0.422. The zero-order valence-electron chi connectivity index (χ0n) is 12.3. The third-order valence-corrected chi connectivity index (χ3v) is 3.57. The Morgan fingerprint density at radius 1 is 1.09 bits per heavy atom. The van der Waals surface area contributed by atoms with Crippen LogP contribution >= 0.6 is 11.6 Å². The second kappa shape index (κ2) is 8.25. The molecule has 0 amide bonds. The molecule has 2 aromatic carbocycles. The molecule has 2 rings (SSSR count). The van der Waals surface area contributed by atoms with E-state index in [1.807, 2.05) is 48.5 Å². The highest BCUT2D eigenvalue weighted by Gasteiger charge is 2.04. The molecule has 0 aliphatic heterocycles. The predicted octanol–water partition coefficient (Wildman–Crippen LogP) is 4.50. The van der Waals surface area contributed by atoms with Crippen LogP contribution in [0.25, 0.3) is 5.57 Å². The first-order valence-corrected chi connectivity index (χ1v) is 7.27. The van der Waals surface area contributed by atoms with E-state index in [4.69, 9.17) is 21.1 Å². The number of aryl methyl sites for hydroxylation is 1. The number of ether oxygens (including phenoxy) is 2. The van der Waals surface area contributed by atoms with Crippen LogP contribution in [0.3, 0.4) is 0 Å². The largest absolute Gasteiger partial charge is 0.497 e. The van der Waals surface area contributed by atoms with Crippen LogP contribution in [0.2, 0.25) is 5.02 Å². The fraction of sp³-hybridized carbons (Fsp3) is 0.167. The van der Waals surface area contributed by atoms with Gasteiger partial charge in [0, 0.05) is 5.02 Å². The molecule has 0 radical (unpaired) electrons. The number of allylic oxidation sites excluding steroid dienone is 1. The van der Waals surface area contributed by atoms with Crippen molar-refractivity contribution in [2.75, 3.05) is 7.11 Å². The zero-order chi connectivity index (χ0) is 15.8. The fourth-order valence-corrected chi connectivity index (χ4v) is 2.24. The van der Waals surface area contributed by atoms with Crippen LogP contribution < -0.4 is 4.74 Å². The van der Waals surface area contributed by atoms with Crippen LogP contribution in [-0.4, -0.2) is 13.6 Å². The molecule has 0 fully saturated rings. The third-order valence-electron chi connectivity index (χ3n) is 3.32. The van der Waals surface area contributed by atoms with Gasteiger partial charge in [0.2, 0.25) is 0 Å². The van der Waals surface area contributed by atoms with Crippen LogP contribution in [0, 0.1) is 0 Å². The van der Waals surface area contributed by atoms with Crippen LogP contribution in [0.1, 0.15) is 17.5 Å². The summed E-state index contributed by atoms with van der Waals surface area (Å²) in [5, 5.41) is 0.721. The number of carbonyl (C=O) groups is 1. The second-order valence-electron chi connectivity index (χ2n) is 4.73. The monoisotopic (exact) mass is 316 g/mol. The minimum Gasteiger partial charge on any atom is -0.497 e. The molecule has 0 aliphatic rings. The number of methoxy groups -OCH3 is 1. The van der Waals surface area contributed by atoms with Crippen LogP contribution in [0.4, 0.5) is 0 Å². The van der Waals surface area contributed by atoms with Crippen molar-refractivity contribution >= 4 is 23.6 Å². The van der Waals surface area contributed by atoms with Gasteiger partial charge in [0.05, 0.1) is 13.4 Å². The first-order valence-electron chi connectivity index (χ1n) is 6.90. The first-order chi connectivity index (χ1) is 10.7. The molecule has 0 aromatic heterocycles. The minimum absolute atomic E-state index is 0.422. The average Bonchev–Trinajstić information content (AvgIpc) is 2.57. The van der Waals surface area contributed by atoms with Crippen molar-refractivity contribution in [1.82, 2.24) is 0 Å². The Morgan fingerprint density at radius 2 is 1.77 bits per heavy atom. The zero-order valence-corrected chi connectivity index (χ0v) is 13.0. The Labute approximate surface area is 135 Å². The number of hydrogen-bond donors (Lipinski definition) is 0. The summed E-state index contributed by atoms with van der Waals surface area (Å²) in [6, 6.07) is 15.4. The van der Waals surface area contributed by atoms with Gasteiger partial charge >= 0.3 is 0 Å². The predicted molar refractivity (Wildman–Crippen MR) is 87.9 cm³/mol. The molecule has 22 heavy (non-hydrogen) atoms. The summed E-state index contributed by atoms with van der Waals surface area (Å²) in [7, 11) is 1.63. The number of hydrogen-bond acceptors (Lipinski definition) is 3. The van der Waals surface area contributed by atoms with Gasteiger partial charge in [-0.1, -0.05) is 35.9 Å². The Morgan fingerprint density at radius 3 is 2.36 bits per heavy atom. The first kappa shape index (κ1) is 16.1. The molecule has 0 heterocycles. The summed E-state index contributed by atoms with van der Waals surface area (Å²) in [6.07, 6.45) is 3.07. The van der Waals surface area contributed by atoms with Gasteiger partial charge in [-0.05, 0) is 53.8 Å². The van der Waals surface area contributed by atoms with Crippen molar-refractivity contribution in [3.05, 3.63) is 70.9 Å². The van der Waals surface area contributed by atoms with Gasteiger partial charge in [0.25, 0.3) is 6.47 Å². The highest BCUT2D eigenvalue weighted by Crippen LogP contribution is 2.23. The lowest BCUT2D eigenvalue weighted by molar-refractivity contribution is -0.123. The number of rotatable bonds is 7. The molecular formula is C18H17ClO3. The summed E-state index contributed by atoms with van der Waals surface area (Å²) >= 11 is 5.89. The van der Waals surface area contributed by atoms with Gasteiger partial charge in [0.15, 0.2) is 0 Å². The van der Waals surface area contributed by atoms with Crippen molar-refractivity contribution in [1.29, 1.82) is 0 Å². The Hall–Kier alpha value is -2.26. The Balaban J connectivity index is 2.11. The van der Waals surface area contributed by atoms with Crippen molar-refractivity contribution in [3.8, 4) is 5.75 Å². The molecule has 0 bridgehead atoms. The molecule has 0 saturated heterocycles. The maximum absolute atomic E-state index is 10.5. The molecule has 0 aliphatic carbocycles. The summed E-state index contributed by atoms with van der Waals surface area (Å²) in [4.78, 5) is 10.5. The summed E-state index contributed by atoms with van der Waals surface area (Å²) in [5.41, 5.74) is 3.12. The van der Waals surface area contributed by atoms with Gasteiger partial charge in [-0.15, -0.1) is 0 Å². The highest BCUT2D eigenvalue weighted by atomic mass is 35.5. The van der Waals surface area contributed by atoms with Gasteiger partial charge in [-0.2, -0.15) is 0 Å². The van der Waals surface area contributed by atoms with Crippen molar-refractivity contribution < 1.29 is 14.3 Å². The molecule has 3 nitrogen and oxygen atoms in total. The number of carbonyl (C=O) groups excluding carboxylic acids is 1. The lowest BCUT2D eigenvalue weighted by Gasteiger charge is -2.09. The van der Waals surface area contributed by atoms with E-state index in [1.54, 1.807) is 7.11 Å². The maximum Gasteiger partial charge on any atom is 0.297 e. The fourth-order valence-electron chi connectivity index (χ4n) is 2.12. The van der Waals surface area contributed by atoms with E-state index in [9.17, 15) is 4.79 Å². The smallest absolute Gasteiger partial charge is 0.297 e. The molecule has 4 heteroatoms. The van der Waals surface area contributed by atoms with Crippen LogP contribution in [-0.2, 0) is 16.0 Å². The Kier molecular flexibility index (Phi) is 6.04. The Bertz CT molecular complexity index is 630. The third kappa shape index (κ3) is 4.64. The SMILES string of the molecule is COc1ccc(C(=COC=O)CCc2ccc(Cl)cc2)cc1. The van der Waals surface area contributed by atoms with Gasteiger partial charge in [-0.3, -0.25) is 4.79 Å². The lowest BCUT2D eigenvalue weighted by atomic mass is 9.99. The van der Waals surface area contributed by atoms with E-state index >= 15 is 0 Å². The maximum atomic E-state index is 10.5. The van der Waals surface area contributed by atoms with Crippen molar-refractivity contribution in [2.24, 2.45) is 0 Å². The normalized spacial score (nSPS) is 11.1. The van der Waals surface area contributed by atoms with E-state index in [2.05, 4.69) is 0 Å². The number of benzene rings is 2. The van der Waals surface area contributed by atoms with Crippen LogP contribution in [0.5, 0.6) is 5.75 Å². The molecule has 0 unspecified atom stereocenters. The molecule has 114 valence electrons. The molecule has 0 N–H and O–H groups in total. The quantitative estimate of drug-likeness (QED) is 0.557. The topological polar surface area (TPSA) is 35.5 Å². The van der Waals surface area contributed by atoms with E-state index in [1.165, 1.54) is 11.8 Å². The van der Waals surface area contributed by atoms with E-state index in [0.717, 1.165) is 34.8 Å². The van der Waals surface area contributed by atoms with Gasteiger partial charge in [-0.25, -0.2) is 0 Å². The number of halogens is 1.